The molecule has 0 spiro atoms. The van der Waals surface area contributed by atoms with Gasteiger partial charge in [-0.05, 0) is 31.7 Å². The Balaban J connectivity index is 2.14. The van der Waals surface area contributed by atoms with Gasteiger partial charge in [-0.25, -0.2) is 0 Å². The van der Waals surface area contributed by atoms with Crippen LogP contribution < -0.4 is 5.32 Å². The van der Waals surface area contributed by atoms with E-state index in [9.17, 15) is 0 Å². The normalized spacial score (nSPS) is 24.6. The van der Waals surface area contributed by atoms with Crippen molar-refractivity contribution in [2.45, 2.75) is 77.3 Å². The molecule has 3 heteroatoms. The molecule has 0 amide bonds. The predicted molar refractivity (Wildman–Crippen MR) is 89.7 cm³/mol. The molecule has 21 heavy (non-hydrogen) atoms. The van der Waals surface area contributed by atoms with Crippen LogP contribution in [0.5, 0.6) is 0 Å². The fraction of sp³-hybridized carbons (Fsp3) is 1.00. The average molecular weight is 296 g/mol. The molecule has 1 aliphatic heterocycles. The SMILES string of the molecule is CCNC(CC(CC)CC)C1(N2CCOCC2)CCCC1. The smallest absolute Gasteiger partial charge is 0.0594 e. The lowest BCUT2D eigenvalue weighted by molar-refractivity contribution is -0.0389. The van der Waals surface area contributed by atoms with Crippen LogP contribution in [0.4, 0.5) is 0 Å². The second kappa shape index (κ2) is 8.50. The topological polar surface area (TPSA) is 24.5 Å². The highest BCUT2D eigenvalue weighted by atomic mass is 16.5. The summed E-state index contributed by atoms with van der Waals surface area (Å²) in [6.45, 7) is 12.2. The molecular formula is C18H36N2O. The van der Waals surface area contributed by atoms with Crippen LogP contribution in [-0.2, 0) is 4.74 Å². The van der Waals surface area contributed by atoms with E-state index >= 15 is 0 Å². The van der Waals surface area contributed by atoms with Crippen molar-refractivity contribution in [3.63, 3.8) is 0 Å². The second-order valence-electron chi connectivity index (χ2n) is 6.94. The van der Waals surface area contributed by atoms with Crippen molar-refractivity contribution in [3.05, 3.63) is 0 Å². The van der Waals surface area contributed by atoms with Crippen LogP contribution in [0.15, 0.2) is 0 Å². The maximum Gasteiger partial charge on any atom is 0.0594 e. The standard InChI is InChI=1S/C18H36N2O/c1-4-16(5-2)15-17(19-6-3)18(9-7-8-10-18)20-11-13-21-14-12-20/h16-17,19H,4-15H2,1-3H3. The van der Waals surface area contributed by atoms with Crippen molar-refractivity contribution in [2.24, 2.45) is 5.92 Å². The molecule has 2 rings (SSSR count). The fourth-order valence-electron chi connectivity index (χ4n) is 4.58. The summed E-state index contributed by atoms with van der Waals surface area (Å²) in [5.41, 5.74) is 0.405. The number of rotatable bonds is 8. The van der Waals surface area contributed by atoms with Gasteiger partial charge in [0.05, 0.1) is 13.2 Å². The lowest BCUT2D eigenvalue weighted by Crippen LogP contribution is -2.62. The van der Waals surface area contributed by atoms with Gasteiger partial charge in [0.25, 0.3) is 0 Å². The van der Waals surface area contributed by atoms with Crippen LogP contribution in [-0.4, -0.2) is 49.3 Å². The van der Waals surface area contributed by atoms with E-state index in [0.29, 0.717) is 11.6 Å². The molecule has 1 N–H and O–H groups in total. The quantitative estimate of drug-likeness (QED) is 0.742. The van der Waals surface area contributed by atoms with Gasteiger partial charge in [-0.15, -0.1) is 0 Å². The van der Waals surface area contributed by atoms with Gasteiger partial charge in [0.15, 0.2) is 0 Å². The zero-order valence-electron chi connectivity index (χ0n) is 14.5. The third-order valence-corrected chi connectivity index (χ3v) is 5.93. The van der Waals surface area contributed by atoms with Gasteiger partial charge in [-0.3, -0.25) is 4.90 Å². The number of nitrogens with one attached hydrogen (secondary N) is 1. The van der Waals surface area contributed by atoms with Crippen molar-refractivity contribution >= 4 is 0 Å². The zero-order chi connectivity index (χ0) is 15.1. The Kier molecular flexibility index (Phi) is 6.97. The Morgan fingerprint density at radius 1 is 1.05 bits per heavy atom. The van der Waals surface area contributed by atoms with E-state index in [-0.39, 0.29) is 0 Å². The van der Waals surface area contributed by atoms with Gasteiger partial charge in [-0.2, -0.15) is 0 Å². The van der Waals surface area contributed by atoms with E-state index in [2.05, 4.69) is 31.0 Å². The molecule has 0 bridgehead atoms. The first-order valence-corrected chi connectivity index (χ1v) is 9.33. The van der Waals surface area contributed by atoms with Crippen LogP contribution in [0, 0.1) is 5.92 Å². The molecule has 2 aliphatic rings. The van der Waals surface area contributed by atoms with E-state index in [1.165, 1.54) is 44.9 Å². The Hall–Kier alpha value is -0.120. The lowest BCUT2D eigenvalue weighted by Gasteiger charge is -2.49. The van der Waals surface area contributed by atoms with Gasteiger partial charge >= 0.3 is 0 Å². The van der Waals surface area contributed by atoms with Crippen molar-refractivity contribution < 1.29 is 4.74 Å². The summed E-state index contributed by atoms with van der Waals surface area (Å²) in [5.74, 6) is 0.868. The molecule has 0 radical (unpaired) electrons. The molecule has 2 fully saturated rings. The molecule has 1 aliphatic carbocycles. The molecule has 1 saturated heterocycles. The van der Waals surface area contributed by atoms with E-state index < -0.39 is 0 Å². The Morgan fingerprint density at radius 2 is 1.67 bits per heavy atom. The van der Waals surface area contributed by atoms with E-state index in [0.717, 1.165) is 38.8 Å². The summed E-state index contributed by atoms with van der Waals surface area (Å²) < 4.78 is 5.61. The van der Waals surface area contributed by atoms with Crippen molar-refractivity contribution in [1.29, 1.82) is 0 Å². The summed E-state index contributed by atoms with van der Waals surface area (Å²) in [6.07, 6.45) is 9.55. The van der Waals surface area contributed by atoms with Gasteiger partial charge in [0, 0.05) is 24.7 Å². The summed E-state index contributed by atoms with van der Waals surface area (Å²) in [4.78, 5) is 2.78. The molecular weight excluding hydrogens is 260 g/mol. The van der Waals surface area contributed by atoms with Gasteiger partial charge < -0.3 is 10.1 Å². The molecule has 1 saturated carbocycles. The van der Waals surface area contributed by atoms with E-state index in [4.69, 9.17) is 4.74 Å². The maximum absolute atomic E-state index is 5.61. The Morgan fingerprint density at radius 3 is 2.19 bits per heavy atom. The molecule has 0 aromatic carbocycles. The van der Waals surface area contributed by atoms with Gasteiger partial charge in [-0.1, -0.05) is 46.5 Å². The van der Waals surface area contributed by atoms with E-state index in [1.54, 1.807) is 0 Å². The highest BCUT2D eigenvalue weighted by Crippen LogP contribution is 2.41. The minimum Gasteiger partial charge on any atom is -0.379 e. The highest BCUT2D eigenvalue weighted by Gasteiger charge is 2.46. The molecule has 3 nitrogen and oxygen atoms in total. The fourth-order valence-corrected chi connectivity index (χ4v) is 4.58. The number of likely N-dealkylation sites (N-methyl/N-ethyl adjacent to an activating group) is 1. The summed E-state index contributed by atoms with van der Waals surface area (Å²) in [5, 5.41) is 3.88. The van der Waals surface area contributed by atoms with Crippen molar-refractivity contribution in [2.75, 3.05) is 32.8 Å². The van der Waals surface area contributed by atoms with Crippen LogP contribution >= 0.6 is 0 Å². The number of ether oxygens (including phenoxy) is 1. The van der Waals surface area contributed by atoms with Crippen LogP contribution in [0.2, 0.25) is 0 Å². The molecule has 0 aromatic rings. The number of hydrogen-bond acceptors (Lipinski definition) is 3. The van der Waals surface area contributed by atoms with Crippen LogP contribution in [0.3, 0.4) is 0 Å². The summed E-state index contributed by atoms with van der Waals surface area (Å²) in [6, 6.07) is 0.660. The number of nitrogens with zero attached hydrogens (tertiary/aromatic N) is 1. The molecule has 1 atom stereocenters. The summed E-state index contributed by atoms with van der Waals surface area (Å²) >= 11 is 0. The molecule has 1 unspecified atom stereocenters. The first-order chi connectivity index (χ1) is 10.3. The zero-order valence-corrected chi connectivity index (χ0v) is 14.5. The third kappa shape index (κ3) is 4.00. The van der Waals surface area contributed by atoms with Crippen molar-refractivity contribution in [3.8, 4) is 0 Å². The first kappa shape index (κ1) is 17.2. The average Bonchev–Trinajstić information content (AvgIpc) is 3.03. The minimum atomic E-state index is 0.405. The van der Waals surface area contributed by atoms with E-state index in [1.807, 2.05) is 0 Å². The third-order valence-electron chi connectivity index (χ3n) is 5.93. The van der Waals surface area contributed by atoms with Gasteiger partial charge in [0.2, 0.25) is 0 Å². The first-order valence-electron chi connectivity index (χ1n) is 9.33. The van der Waals surface area contributed by atoms with Crippen LogP contribution in [0.1, 0.15) is 65.7 Å². The molecule has 1 heterocycles. The maximum atomic E-state index is 5.61. The van der Waals surface area contributed by atoms with Crippen molar-refractivity contribution in [1.82, 2.24) is 10.2 Å². The van der Waals surface area contributed by atoms with Crippen LogP contribution in [0.25, 0.3) is 0 Å². The monoisotopic (exact) mass is 296 g/mol. The van der Waals surface area contributed by atoms with Gasteiger partial charge in [0.1, 0.15) is 0 Å². The minimum absolute atomic E-state index is 0.405. The molecule has 0 aromatic heterocycles. The number of hydrogen-bond donors (Lipinski definition) is 1. The highest BCUT2D eigenvalue weighted by molar-refractivity contribution is 5.04. The Labute approximate surface area is 131 Å². The largest absolute Gasteiger partial charge is 0.379 e. The summed E-state index contributed by atoms with van der Waals surface area (Å²) in [7, 11) is 0. The number of morpholine rings is 1. The lowest BCUT2D eigenvalue weighted by atomic mass is 9.79. The second-order valence-corrected chi connectivity index (χ2v) is 6.94. The predicted octanol–water partition coefficient (Wildman–Crippen LogP) is 3.44. The Bertz CT molecular complexity index is 279. The molecule has 124 valence electrons.